The largest absolute Gasteiger partial charge is 0.385 e. The van der Waals surface area contributed by atoms with Crippen molar-refractivity contribution < 1.29 is 13.2 Å². The van der Waals surface area contributed by atoms with Crippen LogP contribution in [0.1, 0.15) is 24.2 Å². The van der Waals surface area contributed by atoms with Gasteiger partial charge in [0.2, 0.25) is 0 Å². The van der Waals surface area contributed by atoms with E-state index < -0.39 is 9.84 Å². The molecule has 2 rings (SSSR count). The van der Waals surface area contributed by atoms with Crippen LogP contribution >= 0.6 is 0 Å². The minimum Gasteiger partial charge on any atom is -0.385 e. The summed E-state index contributed by atoms with van der Waals surface area (Å²) in [6.07, 6.45) is 0. The van der Waals surface area contributed by atoms with Crippen molar-refractivity contribution in [2.45, 2.75) is 19.9 Å². The number of nitrogens with one attached hydrogen (secondary N) is 1. The fourth-order valence-electron chi connectivity index (χ4n) is 2.47. The standard InChI is InChI=1S/C14H20N2O3S/c1-3-15-13-7-5-4-6-12(13)14(17)16-8-9-20(18,19)10-11(16)2/h4-7,11,15H,3,8-10H2,1-2H3. The summed E-state index contributed by atoms with van der Waals surface area (Å²) < 4.78 is 23.2. The Morgan fingerprint density at radius 3 is 2.75 bits per heavy atom. The van der Waals surface area contributed by atoms with Gasteiger partial charge in [0, 0.05) is 24.8 Å². The van der Waals surface area contributed by atoms with E-state index in [1.165, 1.54) is 0 Å². The highest BCUT2D eigenvalue weighted by atomic mass is 32.2. The number of rotatable bonds is 3. The highest BCUT2D eigenvalue weighted by Crippen LogP contribution is 2.20. The zero-order chi connectivity index (χ0) is 14.8. The van der Waals surface area contributed by atoms with Gasteiger partial charge in [-0.3, -0.25) is 4.79 Å². The topological polar surface area (TPSA) is 66.5 Å². The van der Waals surface area contributed by atoms with Crippen LogP contribution in [0.3, 0.4) is 0 Å². The van der Waals surface area contributed by atoms with Gasteiger partial charge in [-0.05, 0) is 26.0 Å². The van der Waals surface area contributed by atoms with E-state index in [2.05, 4.69) is 5.32 Å². The van der Waals surface area contributed by atoms with Gasteiger partial charge in [0.1, 0.15) is 0 Å². The maximum atomic E-state index is 12.6. The van der Waals surface area contributed by atoms with Gasteiger partial charge in [-0.15, -0.1) is 0 Å². The van der Waals surface area contributed by atoms with Crippen LogP contribution in [0, 0.1) is 0 Å². The molecule has 0 radical (unpaired) electrons. The van der Waals surface area contributed by atoms with Crippen molar-refractivity contribution in [1.29, 1.82) is 0 Å². The Hall–Kier alpha value is -1.56. The van der Waals surface area contributed by atoms with Gasteiger partial charge in [-0.1, -0.05) is 12.1 Å². The third kappa shape index (κ3) is 3.12. The SMILES string of the molecule is CCNc1ccccc1C(=O)N1CCS(=O)(=O)CC1C. The Morgan fingerprint density at radius 2 is 2.10 bits per heavy atom. The number of sulfone groups is 1. The van der Waals surface area contributed by atoms with Crippen LogP contribution in [0.5, 0.6) is 0 Å². The van der Waals surface area contributed by atoms with Gasteiger partial charge >= 0.3 is 0 Å². The first kappa shape index (κ1) is 14.8. The van der Waals surface area contributed by atoms with Crippen molar-refractivity contribution in [1.82, 2.24) is 4.90 Å². The molecule has 1 fully saturated rings. The summed E-state index contributed by atoms with van der Waals surface area (Å²) in [7, 11) is -3.01. The second kappa shape index (κ2) is 5.83. The fourth-order valence-corrected chi connectivity index (χ4v) is 4.03. The van der Waals surface area contributed by atoms with Crippen LogP contribution in [-0.4, -0.2) is 49.9 Å². The molecule has 110 valence electrons. The van der Waals surface area contributed by atoms with Crippen molar-refractivity contribution in [2.24, 2.45) is 0 Å². The molecule has 1 N–H and O–H groups in total. The van der Waals surface area contributed by atoms with Gasteiger partial charge in [0.05, 0.1) is 17.1 Å². The molecule has 1 aliphatic heterocycles. The number of carbonyl (C=O) groups is 1. The number of amides is 1. The molecule has 5 nitrogen and oxygen atoms in total. The third-order valence-corrected chi connectivity index (χ3v) is 5.25. The summed E-state index contributed by atoms with van der Waals surface area (Å²) in [5.74, 6) is -0.0156. The maximum Gasteiger partial charge on any atom is 0.256 e. The molecule has 1 aliphatic rings. The number of hydrogen-bond acceptors (Lipinski definition) is 4. The molecule has 1 unspecified atom stereocenters. The van der Waals surface area contributed by atoms with Crippen LogP contribution in [0.2, 0.25) is 0 Å². The Kier molecular flexibility index (Phi) is 4.32. The second-order valence-electron chi connectivity index (χ2n) is 5.04. The lowest BCUT2D eigenvalue weighted by Crippen LogP contribution is -2.49. The minimum absolute atomic E-state index is 0.0438. The molecule has 0 aromatic heterocycles. The molecule has 1 atom stereocenters. The Balaban J connectivity index is 2.24. The van der Waals surface area contributed by atoms with Crippen molar-refractivity contribution in [2.75, 3.05) is 29.9 Å². The Morgan fingerprint density at radius 1 is 1.40 bits per heavy atom. The Labute approximate surface area is 119 Å². The van der Waals surface area contributed by atoms with E-state index in [1.807, 2.05) is 25.1 Å². The van der Waals surface area contributed by atoms with Crippen molar-refractivity contribution in [3.05, 3.63) is 29.8 Å². The van der Waals surface area contributed by atoms with E-state index in [-0.39, 0.29) is 30.0 Å². The number of nitrogens with zero attached hydrogens (tertiary/aromatic N) is 1. The highest BCUT2D eigenvalue weighted by Gasteiger charge is 2.32. The van der Waals surface area contributed by atoms with Gasteiger partial charge in [-0.25, -0.2) is 8.42 Å². The molecule has 1 saturated heterocycles. The van der Waals surface area contributed by atoms with Crippen LogP contribution in [-0.2, 0) is 9.84 Å². The third-order valence-electron chi connectivity index (χ3n) is 3.46. The zero-order valence-corrected chi connectivity index (χ0v) is 12.6. The van der Waals surface area contributed by atoms with E-state index in [0.717, 1.165) is 12.2 Å². The predicted molar refractivity (Wildman–Crippen MR) is 79.8 cm³/mol. The van der Waals surface area contributed by atoms with Crippen LogP contribution in [0.4, 0.5) is 5.69 Å². The highest BCUT2D eigenvalue weighted by molar-refractivity contribution is 7.91. The zero-order valence-electron chi connectivity index (χ0n) is 11.8. The van der Waals surface area contributed by atoms with Gasteiger partial charge < -0.3 is 10.2 Å². The van der Waals surface area contributed by atoms with Crippen molar-refractivity contribution in [3.8, 4) is 0 Å². The van der Waals surface area contributed by atoms with Gasteiger partial charge in [0.15, 0.2) is 9.84 Å². The molecule has 0 bridgehead atoms. The lowest BCUT2D eigenvalue weighted by molar-refractivity contribution is 0.0713. The molecule has 6 heteroatoms. The lowest BCUT2D eigenvalue weighted by atomic mass is 10.1. The maximum absolute atomic E-state index is 12.6. The quantitative estimate of drug-likeness (QED) is 0.915. The van der Waals surface area contributed by atoms with Gasteiger partial charge in [0.25, 0.3) is 5.91 Å². The summed E-state index contributed by atoms with van der Waals surface area (Å²) in [6, 6.07) is 7.05. The molecular weight excluding hydrogens is 276 g/mol. The molecule has 0 spiro atoms. The molecule has 1 aromatic rings. The van der Waals surface area contributed by atoms with Gasteiger partial charge in [-0.2, -0.15) is 0 Å². The molecule has 0 aliphatic carbocycles. The van der Waals surface area contributed by atoms with Crippen LogP contribution in [0.15, 0.2) is 24.3 Å². The number of anilines is 1. The number of hydrogen-bond donors (Lipinski definition) is 1. The number of carbonyl (C=O) groups excluding carboxylic acids is 1. The summed E-state index contributed by atoms with van der Waals surface area (Å²) in [5.41, 5.74) is 1.39. The molecule has 0 saturated carbocycles. The normalized spacial score (nSPS) is 21.5. The van der Waals surface area contributed by atoms with Crippen LogP contribution in [0.25, 0.3) is 0 Å². The monoisotopic (exact) mass is 296 g/mol. The minimum atomic E-state index is -3.01. The molecule has 1 heterocycles. The first-order valence-corrected chi connectivity index (χ1v) is 8.61. The van der Waals surface area contributed by atoms with Crippen molar-refractivity contribution in [3.63, 3.8) is 0 Å². The lowest BCUT2D eigenvalue weighted by Gasteiger charge is -2.33. The summed E-state index contributed by atoms with van der Waals surface area (Å²) >= 11 is 0. The molecule has 1 aromatic carbocycles. The predicted octanol–water partition coefficient (Wildman–Crippen LogP) is 1.38. The van der Waals surface area contributed by atoms with E-state index in [4.69, 9.17) is 0 Å². The van der Waals surface area contributed by atoms with Crippen molar-refractivity contribution >= 4 is 21.4 Å². The molecule has 1 amide bonds. The first-order valence-electron chi connectivity index (χ1n) is 6.79. The molecule has 20 heavy (non-hydrogen) atoms. The summed E-state index contributed by atoms with van der Waals surface area (Å²) in [6.45, 7) is 4.75. The fraction of sp³-hybridized carbons (Fsp3) is 0.500. The van der Waals surface area contributed by atoms with E-state index >= 15 is 0 Å². The van der Waals surface area contributed by atoms with E-state index in [0.29, 0.717) is 5.56 Å². The smallest absolute Gasteiger partial charge is 0.256 e. The van der Waals surface area contributed by atoms with Crippen LogP contribution < -0.4 is 5.32 Å². The summed E-state index contributed by atoms with van der Waals surface area (Å²) in [4.78, 5) is 14.3. The van der Waals surface area contributed by atoms with E-state index in [9.17, 15) is 13.2 Å². The summed E-state index contributed by atoms with van der Waals surface area (Å²) in [5, 5.41) is 3.16. The average Bonchev–Trinajstić information content (AvgIpc) is 2.38. The second-order valence-corrected chi connectivity index (χ2v) is 7.27. The first-order chi connectivity index (χ1) is 9.44. The number of para-hydroxylation sites is 1. The van der Waals surface area contributed by atoms with E-state index in [1.54, 1.807) is 17.9 Å². The number of benzene rings is 1. The average molecular weight is 296 g/mol. The Bertz CT molecular complexity index is 598. The molecular formula is C14H20N2O3S.